The van der Waals surface area contributed by atoms with Gasteiger partial charge in [0, 0.05) is 47.8 Å². The van der Waals surface area contributed by atoms with Crippen molar-refractivity contribution in [2.75, 3.05) is 5.32 Å². The number of aromatic nitrogens is 4. The molecule has 0 saturated carbocycles. The van der Waals surface area contributed by atoms with Gasteiger partial charge in [0.2, 0.25) is 0 Å². The number of carbonyl (C=O) groups is 1. The summed E-state index contributed by atoms with van der Waals surface area (Å²) in [5, 5.41) is 3.57. The summed E-state index contributed by atoms with van der Waals surface area (Å²) in [7, 11) is 1.74. The Hall–Kier alpha value is -3.87. The molecule has 0 bridgehead atoms. The number of fused-ring (bicyclic) bond motifs is 1. The average molecular weight is 385 g/mol. The third-order valence-electron chi connectivity index (χ3n) is 4.84. The van der Waals surface area contributed by atoms with Crippen LogP contribution in [0.4, 0.5) is 5.82 Å². The molecule has 29 heavy (non-hydrogen) atoms. The molecule has 144 valence electrons. The van der Waals surface area contributed by atoms with Crippen LogP contribution in [0, 0.1) is 13.8 Å². The van der Waals surface area contributed by atoms with Crippen molar-refractivity contribution in [3.8, 4) is 11.1 Å². The lowest BCUT2D eigenvalue weighted by molar-refractivity contribution is 0.102. The molecule has 1 aromatic carbocycles. The predicted octanol–water partition coefficient (Wildman–Crippen LogP) is 3.26. The number of hydrogen-bond acceptors (Lipinski definition) is 5. The molecule has 3 aromatic heterocycles. The third kappa shape index (κ3) is 3.50. The van der Waals surface area contributed by atoms with Crippen molar-refractivity contribution < 1.29 is 4.79 Å². The zero-order chi connectivity index (χ0) is 20.5. The average Bonchev–Trinajstić information content (AvgIpc) is 2.72. The molecule has 3 heterocycles. The Morgan fingerprint density at radius 3 is 2.59 bits per heavy atom. The first kappa shape index (κ1) is 18.5. The Balaban J connectivity index is 1.80. The van der Waals surface area contributed by atoms with Gasteiger partial charge in [-0.25, -0.2) is 4.98 Å². The highest BCUT2D eigenvalue weighted by Crippen LogP contribution is 2.25. The van der Waals surface area contributed by atoms with Gasteiger partial charge in [0.15, 0.2) is 5.82 Å². The maximum absolute atomic E-state index is 13.0. The first-order valence-electron chi connectivity index (χ1n) is 9.09. The van der Waals surface area contributed by atoms with Crippen molar-refractivity contribution in [3.05, 3.63) is 82.3 Å². The smallest absolute Gasteiger partial charge is 0.258 e. The van der Waals surface area contributed by atoms with Crippen molar-refractivity contribution >= 4 is 22.6 Å². The van der Waals surface area contributed by atoms with Gasteiger partial charge < -0.3 is 9.88 Å². The number of amides is 1. The monoisotopic (exact) mass is 385 g/mol. The summed E-state index contributed by atoms with van der Waals surface area (Å²) < 4.78 is 1.62. The van der Waals surface area contributed by atoms with Crippen molar-refractivity contribution in [1.29, 1.82) is 0 Å². The highest BCUT2D eigenvalue weighted by atomic mass is 16.1. The van der Waals surface area contributed by atoms with E-state index in [9.17, 15) is 9.59 Å². The molecule has 7 heteroatoms. The lowest BCUT2D eigenvalue weighted by Crippen LogP contribution is -2.20. The topological polar surface area (TPSA) is 89.8 Å². The lowest BCUT2D eigenvalue weighted by atomic mass is 9.97. The molecule has 0 aliphatic carbocycles. The summed E-state index contributed by atoms with van der Waals surface area (Å²) in [5.74, 6) is 0.0457. The molecule has 0 fully saturated rings. The molecule has 0 radical (unpaired) electrons. The summed E-state index contributed by atoms with van der Waals surface area (Å²) in [4.78, 5) is 38.0. The van der Waals surface area contributed by atoms with Gasteiger partial charge in [-0.15, -0.1) is 0 Å². The molecule has 0 unspecified atom stereocenters. The van der Waals surface area contributed by atoms with Gasteiger partial charge in [-0.3, -0.25) is 19.6 Å². The number of aryl methyl sites for hydroxylation is 3. The molecule has 1 N–H and O–H groups in total. The molecule has 4 rings (SSSR count). The molecule has 0 aliphatic rings. The summed E-state index contributed by atoms with van der Waals surface area (Å²) in [6, 6.07) is 9.00. The fourth-order valence-corrected chi connectivity index (χ4v) is 3.26. The van der Waals surface area contributed by atoms with Gasteiger partial charge in [0.05, 0.1) is 11.7 Å². The van der Waals surface area contributed by atoms with Crippen LogP contribution in [0.3, 0.4) is 0 Å². The second-order valence-corrected chi connectivity index (χ2v) is 6.88. The van der Waals surface area contributed by atoms with Crippen LogP contribution in [0.1, 0.15) is 21.6 Å². The van der Waals surface area contributed by atoms with E-state index < -0.39 is 0 Å². The Morgan fingerprint density at radius 1 is 1.00 bits per heavy atom. The van der Waals surface area contributed by atoms with Crippen molar-refractivity contribution in [3.63, 3.8) is 0 Å². The van der Waals surface area contributed by atoms with Crippen LogP contribution in [0.15, 0.2) is 59.9 Å². The predicted molar refractivity (Wildman–Crippen MR) is 112 cm³/mol. The number of benzene rings is 1. The van der Waals surface area contributed by atoms with Crippen LogP contribution in [0.5, 0.6) is 0 Å². The van der Waals surface area contributed by atoms with Crippen LogP contribution < -0.4 is 10.9 Å². The highest BCUT2D eigenvalue weighted by molar-refractivity contribution is 6.04. The minimum Gasteiger partial charge on any atom is -0.311 e. The normalized spacial score (nSPS) is 10.9. The minimum atomic E-state index is -0.318. The van der Waals surface area contributed by atoms with Gasteiger partial charge >= 0.3 is 0 Å². The lowest BCUT2D eigenvalue weighted by Gasteiger charge is -2.12. The van der Waals surface area contributed by atoms with E-state index in [2.05, 4.69) is 20.3 Å². The largest absolute Gasteiger partial charge is 0.311 e. The van der Waals surface area contributed by atoms with E-state index in [-0.39, 0.29) is 11.5 Å². The number of pyridine rings is 2. The Kier molecular flexibility index (Phi) is 4.64. The summed E-state index contributed by atoms with van der Waals surface area (Å²) in [6.07, 6.45) is 6.27. The second kappa shape index (κ2) is 7.27. The standard InChI is InChI=1S/C22H19N5O2/c1-13-4-5-15(21(28)26-20-12-23-6-7-24-20)9-17(13)18-10-16-11-25-14(2)8-19(16)27(3)22(18)29/h4-12H,1-3H3,(H,24,26,28). The Labute approximate surface area is 167 Å². The molecule has 0 spiro atoms. The minimum absolute atomic E-state index is 0.127. The first-order valence-corrected chi connectivity index (χ1v) is 9.09. The molecule has 0 saturated heterocycles. The van der Waals surface area contributed by atoms with E-state index in [1.165, 1.54) is 18.6 Å². The molecular weight excluding hydrogens is 366 g/mol. The van der Waals surface area contributed by atoms with Crippen LogP contribution in [0.25, 0.3) is 22.0 Å². The van der Waals surface area contributed by atoms with E-state index in [0.717, 1.165) is 22.2 Å². The van der Waals surface area contributed by atoms with E-state index in [4.69, 9.17) is 0 Å². The maximum Gasteiger partial charge on any atom is 0.258 e. The molecule has 7 nitrogen and oxygen atoms in total. The fraction of sp³-hybridized carbons (Fsp3) is 0.136. The first-order chi connectivity index (χ1) is 13.9. The summed E-state index contributed by atoms with van der Waals surface area (Å²) in [5.41, 5.74) is 4.10. The van der Waals surface area contributed by atoms with Gasteiger partial charge in [-0.1, -0.05) is 6.07 Å². The van der Waals surface area contributed by atoms with Crippen LogP contribution >= 0.6 is 0 Å². The number of rotatable bonds is 3. The highest BCUT2D eigenvalue weighted by Gasteiger charge is 2.15. The number of hydrogen-bond donors (Lipinski definition) is 1. The van der Waals surface area contributed by atoms with Crippen LogP contribution in [-0.2, 0) is 7.05 Å². The van der Waals surface area contributed by atoms with Gasteiger partial charge in [-0.2, -0.15) is 0 Å². The SMILES string of the molecule is Cc1cc2c(cn1)cc(-c1cc(C(=O)Nc3cnccn3)ccc1C)c(=O)n2C. The van der Waals surface area contributed by atoms with Crippen molar-refractivity contribution in [2.24, 2.45) is 7.05 Å². The zero-order valence-electron chi connectivity index (χ0n) is 16.3. The summed E-state index contributed by atoms with van der Waals surface area (Å²) in [6.45, 7) is 3.80. The number of carbonyl (C=O) groups excluding carboxylic acids is 1. The van der Waals surface area contributed by atoms with E-state index in [1.54, 1.807) is 29.9 Å². The Bertz CT molecular complexity index is 1300. The van der Waals surface area contributed by atoms with Gasteiger partial charge in [0.25, 0.3) is 11.5 Å². The van der Waals surface area contributed by atoms with Crippen molar-refractivity contribution in [1.82, 2.24) is 19.5 Å². The Morgan fingerprint density at radius 2 is 1.83 bits per heavy atom. The maximum atomic E-state index is 13.0. The summed E-state index contributed by atoms with van der Waals surface area (Å²) >= 11 is 0. The molecular formula is C22H19N5O2. The molecule has 0 atom stereocenters. The number of anilines is 1. The van der Waals surface area contributed by atoms with E-state index in [1.807, 2.05) is 32.0 Å². The van der Waals surface area contributed by atoms with Gasteiger partial charge in [0.1, 0.15) is 0 Å². The number of nitrogens with one attached hydrogen (secondary N) is 1. The van der Waals surface area contributed by atoms with Crippen molar-refractivity contribution in [2.45, 2.75) is 13.8 Å². The fourth-order valence-electron chi connectivity index (χ4n) is 3.26. The van der Waals surface area contributed by atoms with Crippen LogP contribution in [-0.4, -0.2) is 25.4 Å². The quantitative estimate of drug-likeness (QED) is 0.585. The molecule has 0 aliphatic heterocycles. The van der Waals surface area contributed by atoms with E-state index in [0.29, 0.717) is 22.5 Å². The number of nitrogens with zero attached hydrogens (tertiary/aromatic N) is 4. The van der Waals surface area contributed by atoms with Crippen LogP contribution in [0.2, 0.25) is 0 Å². The molecule has 1 amide bonds. The second-order valence-electron chi connectivity index (χ2n) is 6.88. The van der Waals surface area contributed by atoms with E-state index >= 15 is 0 Å². The third-order valence-corrected chi connectivity index (χ3v) is 4.84. The van der Waals surface area contributed by atoms with Gasteiger partial charge in [-0.05, 0) is 49.2 Å². The zero-order valence-corrected chi connectivity index (χ0v) is 16.3. The molecule has 4 aromatic rings.